The van der Waals surface area contributed by atoms with Crippen molar-refractivity contribution in [2.24, 2.45) is 7.05 Å². The molecule has 2 aromatic rings. The molecule has 1 aliphatic rings. The lowest BCUT2D eigenvalue weighted by Crippen LogP contribution is -2.51. The van der Waals surface area contributed by atoms with Gasteiger partial charge < -0.3 is 14.4 Å². The smallest absolute Gasteiger partial charge is 0.122 e. The minimum absolute atomic E-state index is 0.328. The number of piperidine rings is 1. The fraction of sp³-hybridized carbons (Fsp3) is 0.500. The fourth-order valence-corrected chi connectivity index (χ4v) is 3.14. The second-order valence-corrected chi connectivity index (χ2v) is 6.55. The standard InChI is InChI=1S/C18H25N3O2/c1-15-6-3-4-7-16(15)23-14-18(22)8-5-10-21(13-18)12-17-19-9-11-20(17)2/h3-4,6-7,9,11,22H,5,8,10,12-14H2,1-2H3/t18-/m0/s1. The molecule has 5 heteroatoms. The van der Waals surface area contributed by atoms with E-state index in [1.54, 1.807) is 0 Å². The molecule has 0 radical (unpaired) electrons. The van der Waals surface area contributed by atoms with Gasteiger partial charge in [-0.15, -0.1) is 0 Å². The normalized spacial score (nSPS) is 22.2. The van der Waals surface area contributed by atoms with Crippen molar-refractivity contribution in [2.75, 3.05) is 19.7 Å². The third-order valence-corrected chi connectivity index (χ3v) is 4.51. The minimum atomic E-state index is -0.800. The van der Waals surface area contributed by atoms with Crippen LogP contribution < -0.4 is 4.74 Å². The van der Waals surface area contributed by atoms with Gasteiger partial charge in [-0.2, -0.15) is 0 Å². The molecule has 1 aliphatic heterocycles. The van der Waals surface area contributed by atoms with Gasteiger partial charge in [-0.25, -0.2) is 4.98 Å². The molecule has 1 saturated heterocycles. The van der Waals surface area contributed by atoms with Crippen LogP contribution in [0.1, 0.15) is 24.2 Å². The third-order valence-electron chi connectivity index (χ3n) is 4.51. The summed E-state index contributed by atoms with van der Waals surface area (Å²) in [5.74, 6) is 1.87. The number of imidazole rings is 1. The maximum Gasteiger partial charge on any atom is 0.122 e. The molecule has 1 aromatic heterocycles. The van der Waals surface area contributed by atoms with E-state index in [4.69, 9.17) is 4.74 Å². The summed E-state index contributed by atoms with van der Waals surface area (Å²) in [6.07, 6.45) is 5.51. The first-order chi connectivity index (χ1) is 11.1. The molecule has 23 heavy (non-hydrogen) atoms. The molecule has 2 heterocycles. The highest BCUT2D eigenvalue weighted by atomic mass is 16.5. The van der Waals surface area contributed by atoms with Crippen LogP contribution in [0.25, 0.3) is 0 Å². The van der Waals surface area contributed by atoms with E-state index >= 15 is 0 Å². The molecule has 5 nitrogen and oxygen atoms in total. The van der Waals surface area contributed by atoms with Crippen LogP contribution in [-0.4, -0.2) is 44.9 Å². The van der Waals surface area contributed by atoms with Gasteiger partial charge >= 0.3 is 0 Å². The summed E-state index contributed by atoms with van der Waals surface area (Å²) in [5.41, 5.74) is 0.294. The lowest BCUT2D eigenvalue weighted by atomic mass is 9.93. The molecule has 0 bridgehead atoms. The zero-order chi connectivity index (χ0) is 16.3. The maximum atomic E-state index is 10.9. The van der Waals surface area contributed by atoms with Gasteiger partial charge in [-0.05, 0) is 37.9 Å². The van der Waals surface area contributed by atoms with E-state index in [9.17, 15) is 5.11 Å². The highest BCUT2D eigenvalue weighted by molar-refractivity contribution is 5.31. The van der Waals surface area contributed by atoms with Crippen LogP contribution in [0, 0.1) is 6.92 Å². The van der Waals surface area contributed by atoms with E-state index in [2.05, 4.69) is 9.88 Å². The van der Waals surface area contributed by atoms with E-state index in [1.165, 1.54) is 0 Å². The number of hydrogen-bond donors (Lipinski definition) is 1. The van der Waals surface area contributed by atoms with Gasteiger partial charge in [0.2, 0.25) is 0 Å². The highest BCUT2D eigenvalue weighted by Crippen LogP contribution is 2.25. The Labute approximate surface area is 137 Å². The summed E-state index contributed by atoms with van der Waals surface area (Å²) < 4.78 is 7.91. The van der Waals surface area contributed by atoms with Crippen LogP contribution in [0.4, 0.5) is 0 Å². The van der Waals surface area contributed by atoms with Crippen molar-refractivity contribution < 1.29 is 9.84 Å². The summed E-state index contributed by atoms with van der Waals surface area (Å²) in [6, 6.07) is 7.92. The Balaban J connectivity index is 1.60. The Morgan fingerprint density at radius 3 is 2.91 bits per heavy atom. The number of aromatic nitrogens is 2. The third kappa shape index (κ3) is 3.92. The molecule has 3 rings (SSSR count). The average Bonchev–Trinajstić information content (AvgIpc) is 2.92. The maximum absolute atomic E-state index is 10.9. The van der Waals surface area contributed by atoms with Crippen LogP contribution in [0.5, 0.6) is 5.75 Å². The van der Waals surface area contributed by atoms with Crippen molar-refractivity contribution in [3.63, 3.8) is 0 Å². The molecular formula is C18H25N3O2. The number of aliphatic hydroxyl groups is 1. The van der Waals surface area contributed by atoms with Crippen molar-refractivity contribution in [1.29, 1.82) is 0 Å². The first-order valence-electron chi connectivity index (χ1n) is 8.15. The summed E-state index contributed by atoms with van der Waals surface area (Å²) in [6.45, 7) is 4.71. The minimum Gasteiger partial charge on any atom is -0.490 e. The van der Waals surface area contributed by atoms with Gasteiger partial charge in [0.1, 0.15) is 23.8 Å². The molecule has 1 aromatic carbocycles. The molecule has 0 unspecified atom stereocenters. The Morgan fingerprint density at radius 1 is 1.35 bits per heavy atom. The lowest BCUT2D eigenvalue weighted by molar-refractivity contribution is -0.0628. The molecule has 0 aliphatic carbocycles. The Bertz CT molecular complexity index is 655. The first kappa shape index (κ1) is 16.0. The molecule has 0 saturated carbocycles. The van der Waals surface area contributed by atoms with Gasteiger partial charge in [-0.1, -0.05) is 18.2 Å². The van der Waals surface area contributed by atoms with Crippen molar-refractivity contribution in [3.8, 4) is 5.75 Å². The van der Waals surface area contributed by atoms with Crippen LogP contribution in [-0.2, 0) is 13.6 Å². The molecular weight excluding hydrogens is 290 g/mol. The molecule has 124 valence electrons. The SMILES string of the molecule is Cc1ccccc1OC[C@]1(O)CCCN(Cc2nccn2C)C1. The molecule has 0 amide bonds. The Morgan fingerprint density at radius 2 is 2.17 bits per heavy atom. The first-order valence-corrected chi connectivity index (χ1v) is 8.15. The topological polar surface area (TPSA) is 50.5 Å². The number of aryl methyl sites for hydroxylation is 2. The van der Waals surface area contributed by atoms with Crippen LogP contribution in [0.15, 0.2) is 36.7 Å². The van der Waals surface area contributed by atoms with Crippen LogP contribution in [0.2, 0.25) is 0 Å². The lowest BCUT2D eigenvalue weighted by Gasteiger charge is -2.38. The number of hydrogen-bond acceptors (Lipinski definition) is 4. The highest BCUT2D eigenvalue weighted by Gasteiger charge is 2.34. The summed E-state index contributed by atoms with van der Waals surface area (Å²) >= 11 is 0. The average molecular weight is 315 g/mol. The van der Waals surface area contributed by atoms with Gasteiger partial charge in [-0.3, -0.25) is 4.90 Å². The van der Waals surface area contributed by atoms with E-state index in [0.717, 1.165) is 43.1 Å². The van der Waals surface area contributed by atoms with Crippen LogP contribution in [0.3, 0.4) is 0 Å². The van der Waals surface area contributed by atoms with E-state index < -0.39 is 5.60 Å². The number of para-hydroxylation sites is 1. The number of nitrogens with zero attached hydrogens (tertiary/aromatic N) is 3. The van der Waals surface area contributed by atoms with Crippen molar-refractivity contribution in [3.05, 3.63) is 48.0 Å². The second kappa shape index (κ2) is 6.72. The number of benzene rings is 1. The van der Waals surface area contributed by atoms with Crippen LogP contribution >= 0.6 is 0 Å². The number of ether oxygens (including phenoxy) is 1. The number of β-amino-alcohol motifs (C(OH)–C–C–N with tert-alkyl or cyclic N) is 1. The van der Waals surface area contributed by atoms with Gasteiger partial charge in [0.15, 0.2) is 0 Å². The predicted octanol–water partition coefficient (Wildman–Crippen LogP) is 2.13. The van der Waals surface area contributed by atoms with E-state index in [1.807, 2.05) is 55.2 Å². The van der Waals surface area contributed by atoms with Crippen molar-refractivity contribution >= 4 is 0 Å². The number of rotatable bonds is 5. The summed E-state index contributed by atoms with van der Waals surface area (Å²) in [5, 5.41) is 10.9. The predicted molar refractivity (Wildman–Crippen MR) is 89.3 cm³/mol. The second-order valence-electron chi connectivity index (χ2n) is 6.55. The van der Waals surface area contributed by atoms with Crippen molar-refractivity contribution in [2.45, 2.75) is 31.9 Å². The largest absolute Gasteiger partial charge is 0.490 e. The molecule has 1 atom stereocenters. The van der Waals surface area contributed by atoms with E-state index in [-0.39, 0.29) is 0 Å². The Hall–Kier alpha value is -1.85. The van der Waals surface area contributed by atoms with E-state index in [0.29, 0.717) is 13.2 Å². The van der Waals surface area contributed by atoms with Gasteiger partial charge in [0.25, 0.3) is 0 Å². The van der Waals surface area contributed by atoms with Gasteiger partial charge in [0.05, 0.1) is 6.54 Å². The molecule has 0 spiro atoms. The zero-order valence-electron chi connectivity index (χ0n) is 13.9. The quantitative estimate of drug-likeness (QED) is 0.918. The summed E-state index contributed by atoms with van der Waals surface area (Å²) in [4.78, 5) is 6.63. The monoisotopic (exact) mass is 315 g/mol. The molecule has 1 fully saturated rings. The zero-order valence-corrected chi connectivity index (χ0v) is 13.9. The Kier molecular flexibility index (Phi) is 4.68. The molecule has 1 N–H and O–H groups in total. The summed E-state index contributed by atoms with van der Waals surface area (Å²) in [7, 11) is 2.00. The van der Waals surface area contributed by atoms with Gasteiger partial charge in [0, 0.05) is 26.0 Å². The fourth-order valence-electron chi connectivity index (χ4n) is 3.14. The van der Waals surface area contributed by atoms with Crippen molar-refractivity contribution in [1.82, 2.24) is 14.5 Å². The number of likely N-dealkylation sites (tertiary alicyclic amines) is 1.